The van der Waals surface area contributed by atoms with E-state index in [1.54, 1.807) is 12.1 Å². The van der Waals surface area contributed by atoms with E-state index in [9.17, 15) is 84.3 Å². The molecule has 0 saturated heterocycles. The normalized spacial score (nSPS) is 13.6. The van der Waals surface area contributed by atoms with Crippen LogP contribution in [0.2, 0.25) is 0 Å². The van der Waals surface area contributed by atoms with E-state index in [0.29, 0.717) is 24.3 Å². The van der Waals surface area contributed by atoms with Crippen LogP contribution in [-0.2, 0) is 0 Å². The fraction of sp³-hybridized carbons (Fsp3) is 0.111. The Labute approximate surface area is 314 Å². The van der Waals surface area contributed by atoms with Crippen LogP contribution in [0.15, 0.2) is 59.7 Å². The van der Waals surface area contributed by atoms with Crippen LogP contribution in [0.4, 0.5) is 52.7 Å². The van der Waals surface area contributed by atoms with Crippen LogP contribution in [0.25, 0.3) is 33.4 Å². The lowest BCUT2D eigenvalue weighted by atomic mass is 9.90. The van der Waals surface area contributed by atoms with Crippen molar-refractivity contribution in [2.24, 2.45) is 0 Å². The number of halogens is 12. The molecule has 2 aliphatic carbocycles. The zero-order chi connectivity index (χ0) is 43.1. The summed E-state index contributed by atoms with van der Waals surface area (Å²) in [5.74, 6) is -5.31. The Bertz CT molecular complexity index is 2410. The highest BCUT2D eigenvalue weighted by atomic mass is 19.4. The molecule has 0 heterocycles. The third-order valence-corrected chi connectivity index (χ3v) is 7.68. The van der Waals surface area contributed by atoms with Gasteiger partial charge in [0.25, 0.3) is 0 Å². The molecule has 0 aliphatic heterocycles. The first kappa shape index (κ1) is 41.1. The molecule has 0 amide bonds. The summed E-state index contributed by atoms with van der Waals surface area (Å²) in [6, 6.07) is 13.4. The van der Waals surface area contributed by atoms with Crippen molar-refractivity contribution < 1.29 is 71.6 Å². The Morgan fingerprint density at radius 3 is 0.845 bits per heavy atom. The maximum absolute atomic E-state index is 13.3. The highest BCUT2D eigenvalue weighted by Gasteiger charge is 2.40. The van der Waals surface area contributed by atoms with Crippen LogP contribution in [0.1, 0.15) is 33.4 Å². The van der Waals surface area contributed by atoms with E-state index in [4.69, 9.17) is 0 Å². The van der Waals surface area contributed by atoms with Gasteiger partial charge in [-0.05, 0) is 58.7 Å². The summed E-state index contributed by atoms with van der Waals surface area (Å²) in [7, 11) is 0. The Morgan fingerprint density at radius 1 is 0.379 bits per heavy atom. The van der Waals surface area contributed by atoms with Crippen LogP contribution in [-0.4, -0.2) is 25.4 Å². The number of fused-ring (bicyclic) bond motifs is 2. The van der Waals surface area contributed by atoms with Crippen molar-refractivity contribution in [2.45, 2.75) is 25.4 Å². The largest absolute Gasteiger partial charge is 0.573 e. The summed E-state index contributed by atoms with van der Waals surface area (Å²) in [4.78, 5) is 0. The zero-order valence-electron chi connectivity index (χ0n) is 27.5. The number of ether oxygens (including phenoxy) is 4. The average molecular weight is 816 g/mol. The van der Waals surface area contributed by atoms with Crippen LogP contribution >= 0.6 is 0 Å². The number of hydrogen-bond acceptors (Lipinski definition) is 10. The molecule has 3 aromatic carbocycles. The summed E-state index contributed by atoms with van der Waals surface area (Å²) in [5, 5.41) is 60.4. The van der Waals surface area contributed by atoms with Crippen molar-refractivity contribution in [3.63, 3.8) is 0 Å². The van der Waals surface area contributed by atoms with Gasteiger partial charge in [0.15, 0.2) is 0 Å². The van der Waals surface area contributed by atoms with Gasteiger partial charge in [0.2, 0.25) is 0 Å². The molecule has 22 heteroatoms. The molecule has 290 valence electrons. The smallest absolute Gasteiger partial charge is 0.406 e. The van der Waals surface area contributed by atoms with Gasteiger partial charge in [-0.2, -0.15) is 31.6 Å². The van der Waals surface area contributed by atoms with Crippen molar-refractivity contribution in [3.05, 3.63) is 93.1 Å². The van der Waals surface area contributed by atoms with Gasteiger partial charge in [-0.15, -0.1) is 52.7 Å². The monoisotopic (exact) mass is 816 g/mol. The first-order chi connectivity index (χ1) is 26.9. The molecule has 10 nitrogen and oxygen atoms in total. The van der Waals surface area contributed by atoms with Crippen LogP contribution < -0.4 is 18.9 Å². The van der Waals surface area contributed by atoms with Gasteiger partial charge in [0.05, 0.1) is 11.1 Å². The SMILES string of the molecule is N#CC(C#N)=C1C(c2cc(OC(F)(F)F)cc(OC(F)(F)F)c2)=C(C#N)c2cc3c(cc21)C(C#N)=C(c1cc(OC(F)(F)F)cc(OC(F)(F)F)c1)C3=C(C#N)C#N. The predicted molar refractivity (Wildman–Crippen MR) is 167 cm³/mol. The lowest BCUT2D eigenvalue weighted by Crippen LogP contribution is -2.19. The first-order valence-electron chi connectivity index (χ1n) is 14.9. The van der Waals surface area contributed by atoms with E-state index in [-0.39, 0.29) is 23.3 Å². The second kappa shape index (κ2) is 14.5. The van der Waals surface area contributed by atoms with E-state index in [1.807, 2.05) is 0 Å². The number of hydrogen-bond donors (Lipinski definition) is 0. The first-order valence-corrected chi connectivity index (χ1v) is 14.9. The second-order valence-electron chi connectivity index (χ2n) is 11.2. The zero-order valence-corrected chi connectivity index (χ0v) is 27.5. The molecule has 58 heavy (non-hydrogen) atoms. The van der Waals surface area contributed by atoms with Gasteiger partial charge in [-0.1, -0.05) is 0 Å². The predicted octanol–water partition coefficient (Wildman–Crippen LogP) is 9.78. The van der Waals surface area contributed by atoms with E-state index < -0.39 is 115 Å². The molecule has 0 atom stereocenters. The van der Waals surface area contributed by atoms with Gasteiger partial charge >= 0.3 is 25.4 Å². The molecule has 0 saturated carbocycles. The number of alkyl halides is 12. The van der Waals surface area contributed by atoms with Crippen molar-refractivity contribution in [1.29, 1.82) is 31.6 Å². The second-order valence-corrected chi connectivity index (χ2v) is 11.2. The van der Waals surface area contributed by atoms with Gasteiger partial charge in [0.1, 0.15) is 70.6 Å². The van der Waals surface area contributed by atoms with E-state index in [2.05, 4.69) is 18.9 Å². The number of nitriles is 6. The summed E-state index contributed by atoms with van der Waals surface area (Å²) in [5.41, 5.74) is -8.77. The Hall–Kier alpha value is -8.08. The minimum Gasteiger partial charge on any atom is -0.406 e. The van der Waals surface area contributed by atoms with Crippen LogP contribution in [0.5, 0.6) is 23.0 Å². The van der Waals surface area contributed by atoms with E-state index in [0.717, 1.165) is 12.1 Å². The van der Waals surface area contributed by atoms with Crippen molar-refractivity contribution in [2.75, 3.05) is 0 Å². The highest BCUT2D eigenvalue weighted by Crippen LogP contribution is 2.55. The molecule has 0 unspecified atom stereocenters. The van der Waals surface area contributed by atoms with E-state index in [1.165, 1.54) is 24.3 Å². The third kappa shape index (κ3) is 8.42. The Kier molecular flexibility index (Phi) is 10.3. The molecular formula is C36H8F12N6O4. The molecule has 3 aromatic rings. The molecule has 0 spiro atoms. The lowest BCUT2D eigenvalue weighted by molar-refractivity contribution is -0.278. The Balaban J connectivity index is 1.89. The molecule has 0 radical (unpaired) electrons. The average Bonchev–Trinajstić information content (AvgIpc) is 3.57. The van der Waals surface area contributed by atoms with Gasteiger partial charge in [0, 0.05) is 45.6 Å². The van der Waals surface area contributed by atoms with E-state index >= 15 is 0 Å². The molecule has 5 rings (SSSR count). The topological polar surface area (TPSA) is 180 Å². The Morgan fingerprint density at radius 2 is 0.638 bits per heavy atom. The highest BCUT2D eigenvalue weighted by molar-refractivity contribution is 6.30. The van der Waals surface area contributed by atoms with Gasteiger partial charge in [-0.3, -0.25) is 0 Å². The molecule has 0 bridgehead atoms. The quantitative estimate of drug-likeness (QED) is 0.172. The summed E-state index contributed by atoms with van der Waals surface area (Å²) in [6.45, 7) is 0. The number of benzene rings is 3. The van der Waals surface area contributed by atoms with Crippen molar-refractivity contribution in [3.8, 4) is 59.4 Å². The summed E-state index contributed by atoms with van der Waals surface area (Å²) >= 11 is 0. The molecule has 0 aromatic heterocycles. The van der Waals surface area contributed by atoms with Crippen molar-refractivity contribution in [1.82, 2.24) is 0 Å². The molecule has 0 N–H and O–H groups in total. The minimum atomic E-state index is -5.50. The third-order valence-electron chi connectivity index (χ3n) is 7.68. The number of nitrogens with zero attached hydrogens (tertiary/aromatic N) is 6. The standard InChI is InChI=1S/C36H8F12N6O4/c37-33(38,39)55-19-1-15(2-20(5-19)56-34(40,41)42)29-27(13-53)23-7-26-24(8-25(23)31(29)17(9-49)10-50)28(14-54)30(32(26)18(11-51)12-52)16-3-21(57-35(43,44)45)6-22(4-16)58-36(46,47)48/h1-8H. The lowest BCUT2D eigenvalue weighted by Gasteiger charge is -2.16. The number of rotatable bonds is 6. The summed E-state index contributed by atoms with van der Waals surface area (Å²) < 4.78 is 174. The number of allylic oxidation sites excluding steroid dienone is 8. The minimum absolute atomic E-state index is 0.181. The maximum atomic E-state index is 13.3. The van der Waals surface area contributed by atoms with Crippen LogP contribution in [0.3, 0.4) is 0 Å². The summed E-state index contributed by atoms with van der Waals surface area (Å²) in [6.07, 6.45) is -22.0. The van der Waals surface area contributed by atoms with Crippen molar-refractivity contribution >= 4 is 33.4 Å². The van der Waals surface area contributed by atoms with Crippen LogP contribution in [0, 0.1) is 68.0 Å². The van der Waals surface area contributed by atoms with Gasteiger partial charge in [-0.25, -0.2) is 0 Å². The molecule has 0 fully saturated rings. The fourth-order valence-electron chi connectivity index (χ4n) is 6.02. The van der Waals surface area contributed by atoms with Gasteiger partial charge < -0.3 is 18.9 Å². The fourth-order valence-corrected chi connectivity index (χ4v) is 6.02. The maximum Gasteiger partial charge on any atom is 0.573 e. The molecule has 2 aliphatic rings. The molecular weight excluding hydrogens is 808 g/mol.